The number of carbonyl (C=O) groups excluding carboxylic acids is 1. The van der Waals surface area contributed by atoms with Gasteiger partial charge in [-0.15, -0.1) is 0 Å². The fraction of sp³-hybridized carbons (Fsp3) is 0.231. The van der Waals surface area contributed by atoms with Gasteiger partial charge in [0.15, 0.2) is 0 Å². The Bertz CT molecular complexity index is 1320. The molecule has 2 N–H and O–H groups in total. The SMILES string of the molecule is CCn1c(CCc2cccc(NC(=O)Nc3cc(Cl)c(OC)cc3OC)c2)nc2ccccc21. The smallest absolute Gasteiger partial charge is 0.323 e. The Morgan fingerprint density at radius 2 is 1.76 bits per heavy atom. The largest absolute Gasteiger partial charge is 0.495 e. The zero-order valence-electron chi connectivity index (χ0n) is 19.4. The average molecular weight is 479 g/mol. The van der Waals surface area contributed by atoms with E-state index >= 15 is 0 Å². The van der Waals surface area contributed by atoms with Crippen molar-refractivity contribution in [2.75, 3.05) is 24.9 Å². The first-order valence-electron chi connectivity index (χ1n) is 11.0. The van der Waals surface area contributed by atoms with Crippen LogP contribution in [0, 0.1) is 0 Å². The summed E-state index contributed by atoms with van der Waals surface area (Å²) in [4.78, 5) is 17.4. The van der Waals surface area contributed by atoms with Crippen LogP contribution in [0.4, 0.5) is 16.2 Å². The summed E-state index contributed by atoms with van der Waals surface area (Å²) in [5.41, 5.74) is 4.41. The van der Waals surface area contributed by atoms with E-state index in [1.807, 2.05) is 42.5 Å². The van der Waals surface area contributed by atoms with Crippen molar-refractivity contribution in [3.05, 3.63) is 77.1 Å². The second kappa shape index (κ2) is 10.5. The Hall–Kier alpha value is -3.71. The van der Waals surface area contributed by atoms with E-state index in [-0.39, 0.29) is 0 Å². The maximum Gasteiger partial charge on any atom is 0.323 e. The summed E-state index contributed by atoms with van der Waals surface area (Å²) in [6, 6.07) is 18.8. The van der Waals surface area contributed by atoms with Gasteiger partial charge in [-0.05, 0) is 49.2 Å². The number of ether oxygens (including phenoxy) is 2. The van der Waals surface area contributed by atoms with Crippen LogP contribution in [0.5, 0.6) is 11.5 Å². The van der Waals surface area contributed by atoms with Crippen LogP contribution in [0.15, 0.2) is 60.7 Å². The first-order valence-corrected chi connectivity index (χ1v) is 11.4. The van der Waals surface area contributed by atoms with Crippen LogP contribution in [0.25, 0.3) is 11.0 Å². The lowest BCUT2D eigenvalue weighted by atomic mass is 10.1. The monoisotopic (exact) mass is 478 g/mol. The maximum absolute atomic E-state index is 12.6. The Balaban J connectivity index is 1.43. The first-order chi connectivity index (χ1) is 16.5. The number of amides is 2. The fourth-order valence-electron chi connectivity index (χ4n) is 3.97. The molecule has 0 spiro atoms. The summed E-state index contributed by atoms with van der Waals surface area (Å²) in [5, 5.41) is 6.03. The van der Waals surface area contributed by atoms with E-state index in [1.54, 1.807) is 12.1 Å². The molecular weight excluding hydrogens is 452 g/mol. The maximum atomic E-state index is 12.6. The molecule has 0 saturated heterocycles. The van der Waals surface area contributed by atoms with Crippen molar-refractivity contribution in [1.29, 1.82) is 0 Å². The first kappa shape index (κ1) is 23.4. The molecule has 0 saturated carbocycles. The van der Waals surface area contributed by atoms with Crippen molar-refractivity contribution in [3.8, 4) is 11.5 Å². The summed E-state index contributed by atoms with van der Waals surface area (Å²) in [6.45, 7) is 3.00. The number of carbonyl (C=O) groups is 1. The molecule has 1 aromatic heterocycles. The van der Waals surface area contributed by atoms with Crippen molar-refractivity contribution in [2.45, 2.75) is 26.3 Å². The molecule has 7 nitrogen and oxygen atoms in total. The molecule has 2 amide bonds. The van der Waals surface area contributed by atoms with Crippen molar-refractivity contribution in [2.24, 2.45) is 0 Å². The number of benzene rings is 3. The molecule has 4 aromatic rings. The number of nitrogens with zero attached hydrogens (tertiary/aromatic N) is 2. The normalized spacial score (nSPS) is 10.8. The van der Waals surface area contributed by atoms with Gasteiger partial charge in [0.05, 0.1) is 36.0 Å². The predicted octanol–water partition coefficient (Wildman–Crippen LogP) is 6.16. The molecule has 0 aliphatic carbocycles. The van der Waals surface area contributed by atoms with Crippen LogP contribution in [-0.4, -0.2) is 29.8 Å². The number of hydrogen-bond donors (Lipinski definition) is 2. The molecule has 0 unspecified atom stereocenters. The lowest BCUT2D eigenvalue weighted by Gasteiger charge is -2.14. The van der Waals surface area contributed by atoms with E-state index in [2.05, 4.69) is 28.2 Å². The van der Waals surface area contributed by atoms with Gasteiger partial charge in [-0.2, -0.15) is 0 Å². The van der Waals surface area contributed by atoms with Crippen molar-refractivity contribution < 1.29 is 14.3 Å². The zero-order valence-corrected chi connectivity index (χ0v) is 20.1. The summed E-state index contributed by atoms with van der Waals surface area (Å²) < 4.78 is 12.8. The number of methoxy groups -OCH3 is 2. The third kappa shape index (κ3) is 5.10. The second-order valence-electron chi connectivity index (χ2n) is 7.73. The van der Waals surface area contributed by atoms with E-state index in [0.717, 1.165) is 41.8 Å². The highest BCUT2D eigenvalue weighted by Gasteiger charge is 2.13. The Morgan fingerprint density at radius 1 is 0.971 bits per heavy atom. The number of aryl methyl sites for hydroxylation is 3. The van der Waals surface area contributed by atoms with Gasteiger partial charge in [-0.25, -0.2) is 9.78 Å². The molecule has 34 heavy (non-hydrogen) atoms. The topological polar surface area (TPSA) is 77.4 Å². The number of anilines is 2. The van der Waals surface area contributed by atoms with E-state index in [1.165, 1.54) is 14.2 Å². The van der Waals surface area contributed by atoms with Gasteiger partial charge in [0.25, 0.3) is 0 Å². The lowest BCUT2D eigenvalue weighted by Crippen LogP contribution is -2.20. The number of para-hydroxylation sites is 2. The molecule has 4 rings (SSSR count). The van der Waals surface area contributed by atoms with Crippen LogP contribution in [0.1, 0.15) is 18.3 Å². The third-order valence-electron chi connectivity index (χ3n) is 5.59. The van der Waals surface area contributed by atoms with Gasteiger partial charge in [-0.1, -0.05) is 35.9 Å². The average Bonchev–Trinajstić information content (AvgIpc) is 3.20. The Labute approximate surface area is 203 Å². The molecule has 0 atom stereocenters. The minimum absolute atomic E-state index is 0.374. The molecule has 0 fully saturated rings. The molecular formula is C26H27ClN4O3. The molecule has 0 aliphatic heterocycles. The second-order valence-corrected chi connectivity index (χ2v) is 8.13. The van der Waals surface area contributed by atoms with E-state index in [4.69, 9.17) is 26.1 Å². The minimum Gasteiger partial charge on any atom is -0.495 e. The van der Waals surface area contributed by atoms with Crippen molar-refractivity contribution in [3.63, 3.8) is 0 Å². The highest BCUT2D eigenvalue weighted by Crippen LogP contribution is 2.36. The number of rotatable bonds is 8. The molecule has 176 valence electrons. The van der Waals surface area contributed by atoms with Crippen LogP contribution in [0.2, 0.25) is 5.02 Å². The van der Waals surface area contributed by atoms with Crippen LogP contribution >= 0.6 is 11.6 Å². The predicted molar refractivity (Wildman–Crippen MR) is 136 cm³/mol. The van der Waals surface area contributed by atoms with Gasteiger partial charge in [0.1, 0.15) is 17.3 Å². The number of nitrogens with one attached hydrogen (secondary N) is 2. The van der Waals surface area contributed by atoms with Crippen molar-refractivity contribution >= 4 is 40.0 Å². The summed E-state index contributed by atoms with van der Waals surface area (Å²) in [5.74, 6) is 1.97. The molecule has 0 aliphatic rings. The quantitative estimate of drug-likeness (QED) is 0.318. The summed E-state index contributed by atoms with van der Waals surface area (Å²) >= 11 is 6.20. The minimum atomic E-state index is -0.399. The molecule has 8 heteroatoms. The number of fused-ring (bicyclic) bond motifs is 1. The van der Waals surface area contributed by atoms with Gasteiger partial charge in [-0.3, -0.25) is 0 Å². The van der Waals surface area contributed by atoms with Gasteiger partial charge in [0, 0.05) is 24.7 Å². The zero-order chi connectivity index (χ0) is 24.1. The highest BCUT2D eigenvalue weighted by molar-refractivity contribution is 6.32. The van der Waals surface area contributed by atoms with Crippen molar-refractivity contribution in [1.82, 2.24) is 9.55 Å². The standard InChI is InChI=1S/C26H27ClN4O3/c1-4-31-22-11-6-5-10-20(22)29-25(31)13-12-17-8-7-9-18(14-17)28-26(32)30-21-15-19(27)23(33-2)16-24(21)34-3/h5-11,14-16H,4,12-13H2,1-3H3,(H2,28,30,32). The number of urea groups is 1. The summed E-state index contributed by atoms with van der Waals surface area (Å²) in [7, 11) is 3.04. The number of imidazole rings is 1. The van der Waals surface area contributed by atoms with E-state index < -0.39 is 6.03 Å². The van der Waals surface area contributed by atoms with E-state index in [0.29, 0.717) is 27.9 Å². The number of aromatic nitrogens is 2. The van der Waals surface area contributed by atoms with Gasteiger partial charge < -0.3 is 24.7 Å². The Morgan fingerprint density at radius 3 is 2.53 bits per heavy atom. The van der Waals surface area contributed by atoms with E-state index in [9.17, 15) is 4.79 Å². The molecule has 0 radical (unpaired) electrons. The number of halogens is 1. The Kier molecular flexibility index (Phi) is 7.23. The molecule has 3 aromatic carbocycles. The van der Waals surface area contributed by atoms with Crippen LogP contribution in [0.3, 0.4) is 0 Å². The van der Waals surface area contributed by atoms with Crippen LogP contribution < -0.4 is 20.1 Å². The lowest BCUT2D eigenvalue weighted by molar-refractivity contribution is 0.262. The van der Waals surface area contributed by atoms with Crippen LogP contribution in [-0.2, 0) is 19.4 Å². The van der Waals surface area contributed by atoms with Gasteiger partial charge >= 0.3 is 6.03 Å². The number of hydrogen-bond acceptors (Lipinski definition) is 4. The third-order valence-corrected chi connectivity index (χ3v) is 5.89. The highest BCUT2D eigenvalue weighted by atomic mass is 35.5. The fourth-order valence-corrected chi connectivity index (χ4v) is 4.21. The molecule has 0 bridgehead atoms. The molecule has 1 heterocycles. The van der Waals surface area contributed by atoms with Gasteiger partial charge in [0.2, 0.25) is 0 Å². The summed E-state index contributed by atoms with van der Waals surface area (Å²) in [6.07, 6.45) is 1.61.